The van der Waals surface area contributed by atoms with Crippen LogP contribution < -0.4 is 0 Å². The van der Waals surface area contributed by atoms with Gasteiger partial charge in [0.25, 0.3) is 0 Å². The van der Waals surface area contributed by atoms with Gasteiger partial charge in [-0.2, -0.15) is 0 Å². The third kappa shape index (κ3) is 4.14. The Morgan fingerprint density at radius 2 is 1.87 bits per heavy atom. The van der Waals surface area contributed by atoms with Gasteiger partial charge in [0.05, 0.1) is 17.8 Å². The number of carboxylic acids is 2. The van der Waals surface area contributed by atoms with Crippen LogP contribution in [0.15, 0.2) is 52.0 Å². The fraction of sp³-hybridized carbons (Fsp3) is 0.531. The Balaban J connectivity index is 1.71. The van der Waals surface area contributed by atoms with E-state index < -0.39 is 35.1 Å². The number of ketones is 1. The first-order valence-electron chi connectivity index (χ1n) is 13.6. The standard InChI is InChI=1S/C32H36O5S/c1-4-14-32(27(30(36)37)17-28(34)35)15-13-26-24-11-7-20-16-21(33)8-12-23(20)29(24)25(18-31(26,32)2)19-5-9-22(38-3)10-6-19/h5-6,9-10,16,24-27H,7-8,11-13,15,17-18H2,1-3H3,(H,34,35)(H,36,37)/t24?,25-,26?,27-,31+,32-/m1/s1. The van der Waals surface area contributed by atoms with Crippen molar-refractivity contribution in [3.05, 3.63) is 52.6 Å². The Bertz CT molecular complexity index is 1300. The minimum atomic E-state index is -1.09. The summed E-state index contributed by atoms with van der Waals surface area (Å²) in [4.78, 5) is 38.0. The zero-order valence-electron chi connectivity index (χ0n) is 22.4. The average molecular weight is 533 g/mol. The molecule has 4 aliphatic rings. The van der Waals surface area contributed by atoms with Gasteiger partial charge in [-0.1, -0.05) is 30.6 Å². The Morgan fingerprint density at radius 1 is 1.13 bits per heavy atom. The first-order valence-corrected chi connectivity index (χ1v) is 14.9. The molecule has 4 aliphatic carbocycles. The molecule has 6 atom stereocenters. The molecule has 0 bridgehead atoms. The molecule has 1 aromatic rings. The van der Waals surface area contributed by atoms with Gasteiger partial charge in [0.2, 0.25) is 0 Å². The van der Waals surface area contributed by atoms with Crippen LogP contribution in [0, 0.1) is 40.4 Å². The molecule has 200 valence electrons. The molecular formula is C32H36O5S. The van der Waals surface area contributed by atoms with Crippen molar-refractivity contribution in [2.75, 3.05) is 6.26 Å². The van der Waals surface area contributed by atoms with E-state index in [1.807, 2.05) is 6.08 Å². The Morgan fingerprint density at radius 3 is 2.50 bits per heavy atom. The highest BCUT2D eigenvalue weighted by Gasteiger charge is 2.66. The first-order chi connectivity index (χ1) is 18.1. The molecule has 1 aromatic carbocycles. The molecule has 2 fully saturated rings. The largest absolute Gasteiger partial charge is 0.481 e. The summed E-state index contributed by atoms with van der Waals surface area (Å²) in [5.41, 5.74) is 3.82. The van der Waals surface area contributed by atoms with Crippen LogP contribution in [-0.4, -0.2) is 34.2 Å². The van der Waals surface area contributed by atoms with Crippen LogP contribution in [0.5, 0.6) is 0 Å². The van der Waals surface area contributed by atoms with E-state index in [2.05, 4.69) is 49.3 Å². The number of fused-ring (bicyclic) bond motifs is 4. The minimum absolute atomic E-state index is 0.0828. The van der Waals surface area contributed by atoms with Gasteiger partial charge in [-0.25, -0.2) is 0 Å². The smallest absolute Gasteiger partial charge is 0.308 e. The predicted molar refractivity (Wildman–Crippen MR) is 148 cm³/mol. The van der Waals surface area contributed by atoms with E-state index in [1.165, 1.54) is 27.2 Å². The Hall–Kier alpha value is -2.78. The maximum absolute atomic E-state index is 12.7. The lowest BCUT2D eigenvalue weighted by Crippen LogP contribution is -2.52. The molecule has 0 spiro atoms. The quantitative estimate of drug-likeness (QED) is 0.321. The molecule has 0 aliphatic heterocycles. The average Bonchev–Trinajstić information content (AvgIpc) is 3.18. The van der Waals surface area contributed by atoms with Crippen molar-refractivity contribution >= 4 is 29.5 Å². The third-order valence-electron chi connectivity index (χ3n) is 10.1. The second kappa shape index (κ2) is 10.1. The van der Waals surface area contributed by atoms with Crippen LogP contribution in [0.3, 0.4) is 0 Å². The highest BCUT2D eigenvalue weighted by atomic mass is 32.2. The molecule has 2 saturated carbocycles. The number of carboxylic acid groups (broad SMARTS) is 2. The van der Waals surface area contributed by atoms with Gasteiger partial charge in [-0.3, -0.25) is 14.4 Å². The summed E-state index contributed by atoms with van der Waals surface area (Å²) in [6.07, 6.45) is 8.77. The molecule has 38 heavy (non-hydrogen) atoms. The van der Waals surface area contributed by atoms with Gasteiger partial charge >= 0.3 is 11.9 Å². The van der Waals surface area contributed by atoms with Crippen molar-refractivity contribution in [3.8, 4) is 11.8 Å². The molecule has 5 rings (SSSR count). The minimum Gasteiger partial charge on any atom is -0.481 e. The van der Waals surface area contributed by atoms with Crippen molar-refractivity contribution in [2.45, 2.75) is 76.0 Å². The van der Waals surface area contributed by atoms with E-state index in [1.54, 1.807) is 18.7 Å². The van der Waals surface area contributed by atoms with E-state index in [-0.39, 0.29) is 23.5 Å². The number of benzene rings is 1. The number of carbonyl (C=O) groups excluding carboxylic acids is 1. The molecule has 0 heterocycles. The number of rotatable bonds is 6. The van der Waals surface area contributed by atoms with E-state index >= 15 is 0 Å². The SMILES string of the molecule is CC#C[C@]1([C@H](CC(=O)O)C(=O)O)CCC2C3CCC4=CC(=O)CCC4=C3[C@@H](c3ccc(SC)cc3)C[C@@]21C. The lowest BCUT2D eigenvalue weighted by Gasteiger charge is -2.56. The zero-order chi connectivity index (χ0) is 27.2. The van der Waals surface area contributed by atoms with E-state index in [9.17, 15) is 24.6 Å². The number of carbonyl (C=O) groups is 3. The summed E-state index contributed by atoms with van der Waals surface area (Å²) in [6, 6.07) is 8.70. The molecular weight excluding hydrogens is 496 g/mol. The molecule has 2 N–H and O–H groups in total. The highest BCUT2D eigenvalue weighted by molar-refractivity contribution is 7.98. The van der Waals surface area contributed by atoms with Crippen LogP contribution in [-0.2, 0) is 14.4 Å². The van der Waals surface area contributed by atoms with Gasteiger partial charge < -0.3 is 10.2 Å². The second-order valence-corrected chi connectivity index (χ2v) is 12.5. The Labute approximate surface area is 229 Å². The van der Waals surface area contributed by atoms with E-state index in [4.69, 9.17) is 0 Å². The fourth-order valence-corrected chi connectivity index (χ4v) is 9.00. The first kappa shape index (κ1) is 26.8. The summed E-state index contributed by atoms with van der Waals surface area (Å²) in [5.74, 6) is 3.97. The Kier molecular flexibility index (Phi) is 7.11. The van der Waals surface area contributed by atoms with Crippen LogP contribution in [0.2, 0.25) is 0 Å². The van der Waals surface area contributed by atoms with Gasteiger partial charge in [-0.05, 0) is 104 Å². The molecule has 0 saturated heterocycles. The molecule has 2 unspecified atom stereocenters. The number of hydrogen-bond acceptors (Lipinski definition) is 4. The predicted octanol–water partition coefficient (Wildman–Crippen LogP) is 6.49. The number of allylic oxidation sites excluding steroid dienone is 4. The highest BCUT2D eigenvalue weighted by Crippen LogP contribution is 2.71. The number of thioether (sulfide) groups is 1. The van der Waals surface area contributed by atoms with Gasteiger partial charge in [0.15, 0.2) is 5.78 Å². The summed E-state index contributed by atoms with van der Waals surface area (Å²) in [6.45, 7) is 3.94. The van der Waals surface area contributed by atoms with E-state index in [0.29, 0.717) is 12.8 Å². The van der Waals surface area contributed by atoms with Gasteiger partial charge in [0.1, 0.15) is 0 Å². The number of aliphatic carboxylic acids is 2. The maximum Gasteiger partial charge on any atom is 0.308 e. The third-order valence-corrected chi connectivity index (χ3v) is 10.9. The summed E-state index contributed by atoms with van der Waals surface area (Å²) >= 11 is 1.70. The molecule has 0 amide bonds. The van der Waals surface area contributed by atoms with Crippen molar-refractivity contribution in [1.29, 1.82) is 0 Å². The second-order valence-electron chi connectivity index (χ2n) is 11.6. The van der Waals surface area contributed by atoms with Crippen LogP contribution in [0.4, 0.5) is 0 Å². The molecule has 5 nitrogen and oxygen atoms in total. The summed E-state index contributed by atoms with van der Waals surface area (Å²) in [7, 11) is 0. The van der Waals surface area contributed by atoms with Crippen LogP contribution >= 0.6 is 11.8 Å². The summed E-state index contributed by atoms with van der Waals surface area (Å²) in [5, 5.41) is 20.1. The summed E-state index contributed by atoms with van der Waals surface area (Å²) < 4.78 is 0. The molecule has 0 aromatic heterocycles. The van der Waals surface area contributed by atoms with Gasteiger partial charge in [-0.15, -0.1) is 17.7 Å². The van der Waals surface area contributed by atoms with Crippen molar-refractivity contribution in [2.24, 2.45) is 28.6 Å². The van der Waals surface area contributed by atoms with Crippen molar-refractivity contribution < 1.29 is 24.6 Å². The van der Waals surface area contributed by atoms with Gasteiger partial charge in [0, 0.05) is 17.2 Å². The monoisotopic (exact) mass is 532 g/mol. The van der Waals surface area contributed by atoms with Crippen molar-refractivity contribution in [3.63, 3.8) is 0 Å². The van der Waals surface area contributed by atoms with E-state index in [0.717, 1.165) is 32.1 Å². The van der Waals surface area contributed by atoms with Crippen LogP contribution in [0.25, 0.3) is 0 Å². The number of hydrogen-bond donors (Lipinski definition) is 2. The lowest BCUT2D eigenvalue weighted by molar-refractivity contribution is -0.156. The topological polar surface area (TPSA) is 91.7 Å². The zero-order valence-corrected chi connectivity index (χ0v) is 23.2. The molecule has 0 radical (unpaired) electrons. The fourth-order valence-electron chi connectivity index (χ4n) is 8.59. The molecule has 6 heteroatoms. The maximum atomic E-state index is 12.7. The normalized spacial score (nSPS) is 32.8. The lowest BCUT2D eigenvalue weighted by atomic mass is 9.46. The van der Waals surface area contributed by atoms with Crippen molar-refractivity contribution in [1.82, 2.24) is 0 Å². The van der Waals surface area contributed by atoms with Crippen LogP contribution in [0.1, 0.15) is 76.7 Å².